The summed E-state index contributed by atoms with van der Waals surface area (Å²) in [6.45, 7) is 5.18. The van der Waals surface area contributed by atoms with Gasteiger partial charge in [0.2, 0.25) is 0 Å². The van der Waals surface area contributed by atoms with Gasteiger partial charge in [-0.1, -0.05) is 44.2 Å². The first kappa shape index (κ1) is 16.6. The number of carbonyl (C=O) groups is 1. The van der Waals surface area contributed by atoms with Crippen LogP contribution in [0.1, 0.15) is 35.7 Å². The Balaban J connectivity index is 1.85. The van der Waals surface area contributed by atoms with Crippen molar-refractivity contribution < 1.29 is 9.53 Å². The molecule has 2 aromatic carbocycles. The van der Waals surface area contributed by atoms with Crippen LogP contribution in [0.5, 0.6) is 5.75 Å². The van der Waals surface area contributed by atoms with Gasteiger partial charge in [-0.15, -0.1) is 0 Å². The molecule has 0 atom stereocenters. The summed E-state index contributed by atoms with van der Waals surface area (Å²) >= 11 is 3.38. The van der Waals surface area contributed by atoms with Crippen molar-refractivity contribution in [2.24, 2.45) is 0 Å². The molecular formula is C18H20BrNO2. The lowest BCUT2D eigenvalue weighted by Crippen LogP contribution is -2.28. The fourth-order valence-electron chi connectivity index (χ4n) is 2.16. The zero-order valence-electron chi connectivity index (χ0n) is 12.8. The number of ether oxygens (including phenoxy) is 1. The van der Waals surface area contributed by atoms with E-state index in [4.69, 9.17) is 4.74 Å². The molecule has 1 N–H and O–H groups in total. The SMILES string of the molecule is CC(C)c1ccccc1OCCNC(=O)c1ccccc1Br. The minimum atomic E-state index is -0.104. The van der Waals surface area contributed by atoms with Gasteiger partial charge in [0.25, 0.3) is 5.91 Å². The first-order valence-electron chi connectivity index (χ1n) is 7.34. The molecule has 0 aliphatic carbocycles. The Hall–Kier alpha value is -1.81. The van der Waals surface area contributed by atoms with Gasteiger partial charge in [0, 0.05) is 4.47 Å². The topological polar surface area (TPSA) is 38.3 Å². The van der Waals surface area contributed by atoms with Gasteiger partial charge in [0.1, 0.15) is 12.4 Å². The minimum absolute atomic E-state index is 0.104. The van der Waals surface area contributed by atoms with Crippen LogP contribution < -0.4 is 10.1 Å². The maximum Gasteiger partial charge on any atom is 0.252 e. The number of carbonyl (C=O) groups excluding carboxylic acids is 1. The molecule has 0 radical (unpaired) electrons. The van der Waals surface area contributed by atoms with Crippen molar-refractivity contribution in [2.75, 3.05) is 13.2 Å². The molecule has 0 fully saturated rings. The van der Waals surface area contributed by atoms with Crippen LogP contribution in [0.15, 0.2) is 53.0 Å². The van der Waals surface area contributed by atoms with E-state index in [1.807, 2.05) is 36.4 Å². The van der Waals surface area contributed by atoms with Crippen molar-refractivity contribution in [2.45, 2.75) is 19.8 Å². The monoisotopic (exact) mass is 361 g/mol. The van der Waals surface area contributed by atoms with Gasteiger partial charge in [-0.2, -0.15) is 0 Å². The first-order chi connectivity index (χ1) is 10.6. The van der Waals surface area contributed by atoms with Gasteiger partial charge in [-0.3, -0.25) is 4.79 Å². The Morgan fingerprint density at radius 1 is 1.14 bits per heavy atom. The second-order valence-electron chi connectivity index (χ2n) is 5.28. The average molecular weight is 362 g/mol. The summed E-state index contributed by atoms with van der Waals surface area (Å²) in [5, 5.41) is 2.86. The van der Waals surface area contributed by atoms with Gasteiger partial charge in [-0.05, 0) is 45.6 Å². The molecule has 0 aliphatic heterocycles. The molecule has 2 rings (SSSR count). The maximum absolute atomic E-state index is 12.1. The Morgan fingerprint density at radius 3 is 2.55 bits per heavy atom. The smallest absolute Gasteiger partial charge is 0.252 e. The Morgan fingerprint density at radius 2 is 1.82 bits per heavy atom. The van der Waals surface area contributed by atoms with Crippen molar-refractivity contribution in [3.8, 4) is 5.75 Å². The number of halogens is 1. The van der Waals surface area contributed by atoms with Crippen LogP contribution in [0.25, 0.3) is 0 Å². The number of hydrogen-bond acceptors (Lipinski definition) is 2. The fourth-order valence-corrected chi connectivity index (χ4v) is 2.62. The van der Waals surface area contributed by atoms with Gasteiger partial charge in [0.05, 0.1) is 12.1 Å². The Kier molecular flexibility index (Phi) is 6.01. The summed E-state index contributed by atoms with van der Waals surface area (Å²) in [6, 6.07) is 15.4. The molecule has 116 valence electrons. The summed E-state index contributed by atoms with van der Waals surface area (Å²) in [6.07, 6.45) is 0. The molecule has 2 aromatic rings. The van der Waals surface area contributed by atoms with Crippen LogP contribution in [0.4, 0.5) is 0 Å². The highest BCUT2D eigenvalue weighted by Gasteiger charge is 2.09. The first-order valence-corrected chi connectivity index (χ1v) is 8.13. The minimum Gasteiger partial charge on any atom is -0.491 e. The highest BCUT2D eigenvalue weighted by Crippen LogP contribution is 2.25. The fraction of sp³-hybridized carbons (Fsp3) is 0.278. The van der Waals surface area contributed by atoms with E-state index in [0.29, 0.717) is 24.6 Å². The second kappa shape index (κ2) is 7.99. The molecule has 0 bridgehead atoms. The predicted octanol–water partition coefficient (Wildman–Crippen LogP) is 4.38. The van der Waals surface area contributed by atoms with Crippen LogP contribution in [-0.4, -0.2) is 19.1 Å². The van der Waals surface area contributed by atoms with Crippen molar-refractivity contribution in [3.63, 3.8) is 0 Å². The van der Waals surface area contributed by atoms with Gasteiger partial charge in [0.15, 0.2) is 0 Å². The van der Waals surface area contributed by atoms with E-state index in [1.165, 1.54) is 5.56 Å². The third kappa shape index (κ3) is 4.34. The van der Waals surface area contributed by atoms with E-state index in [1.54, 1.807) is 6.07 Å². The zero-order valence-corrected chi connectivity index (χ0v) is 14.4. The largest absolute Gasteiger partial charge is 0.491 e. The van der Waals surface area contributed by atoms with Crippen LogP contribution >= 0.6 is 15.9 Å². The van der Waals surface area contributed by atoms with Crippen LogP contribution in [-0.2, 0) is 0 Å². The van der Waals surface area contributed by atoms with Gasteiger partial charge >= 0.3 is 0 Å². The van der Waals surface area contributed by atoms with Crippen molar-refractivity contribution in [3.05, 3.63) is 64.1 Å². The maximum atomic E-state index is 12.1. The lowest BCUT2D eigenvalue weighted by molar-refractivity contribution is 0.0946. The summed E-state index contributed by atoms with van der Waals surface area (Å²) in [7, 11) is 0. The third-order valence-electron chi connectivity index (χ3n) is 3.30. The number of amides is 1. The van der Waals surface area contributed by atoms with E-state index >= 15 is 0 Å². The van der Waals surface area contributed by atoms with Crippen molar-refractivity contribution >= 4 is 21.8 Å². The van der Waals surface area contributed by atoms with E-state index in [2.05, 4.69) is 41.2 Å². The normalized spacial score (nSPS) is 10.5. The number of benzene rings is 2. The van der Waals surface area contributed by atoms with Crippen molar-refractivity contribution in [1.29, 1.82) is 0 Å². The van der Waals surface area contributed by atoms with E-state index in [-0.39, 0.29) is 5.91 Å². The lowest BCUT2D eigenvalue weighted by atomic mass is 10.0. The van der Waals surface area contributed by atoms with E-state index in [0.717, 1.165) is 10.2 Å². The van der Waals surface area contributed by atoms with Crippen LogP contribution in [0, 0.1) is 0 Å². The Labute approximate surface area is 139 Å². The number of para-hydroxylation sites is 1. The standard InChI is InChI=1S/C18H20BrNO2/c1-13(2)14-7-4-6-10-17(14)22-12-11-20-18(21)15-8-3-5-9-16(15)19/h3-10,13H,11-12H2,1-2H3,(H,20,21). The zero-order chi connectivity index (χ0) is 15.9. The summed E-state index contributed by atoms with van der Waals surface area (Å²) in [5.74, 6) is 1.19. The molecule has 0 heterocycles. The molecule has 1 amide bonds. The lowest BCUT2D eigenvalue weighted by Gasteiger charge is -2.14. The summed E-state index contributed by atoms with van der Waals surface area (Å²) in [4.78, 5) is 12.1. The summed E-state index contributed by atoms with van der Waals surface area (Å²) < 4.78 is 6.58. The third-order valence-corrected chi connectivity index (χ3v) is 4.00. The van der Waals surface area contributed by atoms with Crippen LogP contribution in [0.2, 0.25) is 0 Å². The molecule has 0 aromatic heterocycles. The molecule has 0 saturated heterocycles. The molecule has 0 unspecified atom stereocenters. The summed E-state index contributed by atoms with van der Waals surface area (Å²) in [5.41, 5.74) is 1.81. The predicted molar refractivity (Wildman–Crippen MR) is 92.5 cm³/mol. The molecular weight excluding hydrogens is 342 g/mol. The second-order valence-corrected chi connectivity index (χ2v) is 6.13. The number of hydrogen-bond donors (Lipinski definition) is 1. The average Bonchev–Trinajstić information content (AvgIpc) is 2.52. The highest BCUT2D eigenvalue weighted by molar-refractivity contribution is 9.10. The molecule has 22 heavy (non-hydrogen) atoms. The molecule has 0 spiro atoms. The molecule has 0 aliphatic rings. The van der Waals surface area contributed by atoms with Gasteiger partial charge in [-0.25, -0.2) is 0 Å². The Bertz CT molecular complexity index is 640. The number of rotatable bonds is 6. The highest BCUT2D eigenvalue weighted by atomic mass is 79.9. The van der Waals surface area contributed by atoms with E-state index in [9.17, 15) is 4.79 Å². The van der Waals surface area contributed by atoms with Crippen molar-refractivity contribution in [1.82, 2.24) is 5.32 Å². The quantitative estimate of drug-likeness (QED) is 0.775. The molecule has 4 heteroatoms. The van der Waals surface area contributed by atoms with Gasteiger partial charge < -0.3 is 10.1 Å². The molecule has 3 nitrogen and oxygen atoms in total. The van der Waals surface area contributed by atoms with E-state index < -0.39 is 0 Å². The molecule has 0 saturated carbocycles. The number of nitrogens with one attached hydrogen (secondary N) is 1. The van der Waals surface area contributed by atoms with Crippen LogP contribution in [0.3, 0.4) is 0 Å².